The first-order valence-electron chi connectivity index (χ1n) is 5.11. The molecule has 0 aliphatic heterocycles. The van der Waals surface area contributed by atoms with Crippen LogP contribution < -0.4 is 10.5 Å². The molecule has 0 fully saturated rings. The highest BCUT2D eigenvalue weighted by Gasteiger charge is 2.03. The highest BCUT2D eigenvalue weighted by atomic mass is 16.5. The fourth-order valence-corrected chi connectivity index (χ4v) is 1.35. The van der Waals surface area contributed by atoms with Gasteiger partial charge in [0.1, 0.15) is 12.4 Å². The molecule has 1 aromatic carbocycles. The normalized spacial score (nSPS) is 10.3. The van der Waals surface area contributed by atoms with E-state index >= 15 is 0 Å². The molecule has 0 aliphatic rings. The number of nitrogens with zero attached hydrogens (tertiary/aromatic N) is 3. The number of hydrogen-bond acceptors (Lipinski definition) is 4. The lowest BCUT2D eigenvalue weighted by molar-refractivity contribution is 0.288. The van der Waals surface area contributed by atoms with Gasteiger partial charge in [0.2, 0.25) is 0 Å². The van der Waals surface area contributed by atoms with E-state index in [-0.39, 0.29) is 0 Å². The van der Waals surface area contributed by atoms with Gasteiger partial charge in [-0.25, -0.2) is 4.68 Å². The van der Waals surface area contributed by atoms with E-state index in [1.165, 1.54) is 0 Å². The van der Waals surface area contributed by atoms with Crippen molar-refractivity contribution in [1.82, 2.24) is 15.0 Å². The summed E-state index contributed by atoms with van der Waals surface area (Å²) < 4.78 is 7.28. The molecule has 0 aliphatic carbocycles. The molecule has 5 heteroatoms. The number of rotatable bonds is 4. The number of hydrogen-bond donors (Lipinski definition) is 1. The van der Waals surface area contributed by atoms with E-state index in [4.69, 9.17) is 10.5 Å². The standard InChI is InChI=1S/C11H14N4O/c1-9-11(12)13-14-15(9)7-8-16-10-5-3-2-4-6-10/h2-6H,7-8,12H2,1H3. The Morgan fingerprint density at radius 2 is 2.06 bits per heavy atom. The molecule has 84 valence electrons. The van der Waals surface area contributed by atoms with Gasteiger partial charge in [-0.3, -0.25) is 0 Å². The van der Waals surface area contributed by atoms with Crippen molar-refractivity contribution in [2.75, 3.05) is 12.3 Å². The third kappa shape index (κ3) is 2.31. The van der Waals surface area contributed by atoms with Gasteiger partial charge < -0.3 is 10.5 Å². The Balaban J connectivity index is 1.87. The zero-order valence-corrected chi connectivity index (χ0v) is 9.13. The van der Waals surface area contributed by atoms with Crippen LogP contribution in [0.2, 0.25) is 0 Å². The zero-order valence-electron chi connectivity index (χ0n) is 9.13. The zero-order chi connectivity index (χ0) is 11.4. The SMILES string of the molecule is Cc1c(N)nnn1CCOc1ccccc1. The van der Waals surface area contributed by atoms with Gasteiger partial charge in [0.05, 0.1) is 12.2 Å². The maximum atomic E-state index is 5.59. The van der Waals surface area contributed by atoms with Crippen molar-refractivity contribution in [3.05, 3.63) is 36.0 Å². The van der Waals surface area contributed by atoms with Crippen LogP contribution in [0.5, 0.6) is 5.75 Å². The van der Waals surface area contributed by atoms with Gasteiger partial charge in [-0.05, 0) is 19.1 Å². The second-order valence-electron chi connectivity index (χ2n) is 3.44. The molecule has 0 bridgehead atoms. The summed E-state index contributed by atoms with van der Waals surface area (Å²) in [6, 6.07) is 9.67. The molecular formula is C11H14N4O. The molecule has 0 unspecified atom stereocenters. The second-order valence-corrected chi connectivity index (χ2v) is 3.44. The van der Waals surface area contributed by atoms with Gasteiger partial charge in [-0.1, -0.05) is 23.4 Å². The van der Waals surface area contributed by atoms with Gasteiger partial charge in [-0.15, -0.1) is 5.10 Å². The Labute approximate surface area is 93.8 Å². The summed E-state index contributed by atoms with van der Waals surface area (Å²) in [5.41, 5.74) is 6.46. The predicted molar refractivity (Wildman–Crippen MR) is 61.1 cm³/mol. The van der Waals surface area contributed by atoms with Gasteiger partial charge in [-0.2, -0.15) is 0 Å². The fourth-order valence-electron chi connectivity index (χ4n) is 1.35. The van der Waals surface area contributed by atoms with Gasteiger partial charge >= 0.3 is 0 Å². The molecule has 1 aromatic heterocycles. The van der Waals surface area contributed by atoms with Crippen LogP contribution in [0.15, 0.2) is 30.3 Å². The van der Waals surface area contributed by atoms with Crippen molar-refractivity contribution in [1.29, 1.82) is 0 Å². The molecule has 16 heavy (non-hydrogen) atoms. The average Bonchev–Trinajstić information content (AvgIpc) is 2.62. The molecule has 1 heterocycles. The Kier molecular flexibility index (Phi) is 3.05. The van der Waals surface area contributed by atoms with E-state index in [0.717, 1.165) is 11.4 Å². The molecule has 0 atom stereocenters. The Bertz CT molecular complexity index is 452. The van der Waals surface area contributed by atoms with Crippen molar-refractivity contribution >= 4 is 5.82 Å². The maximum absolute atomic E-state index is 5.59. The van der Waals surface area contributed by atoms with Crippen LogP contribution >= 0.6 is 0 Å². The molecular weight excluding hydrogens is 204 g/mol. The van der Waals surface area contributed by atoms with E-state index in [9.17, 15) is 0 Å². The first-order chi connectivity index (χ1) is 7.77. The minimum absolute atomic E-state index is 0.472. The van der Waals surface area contributed by atoms with Crippen LogP contribution in [0.1, 0.15) is 5.69 Å². The summed E-state index contributed by atoms with van der Waals surface area (Å²) in [5, 5.41) is 7.69. The summed E-state index contributed by atoms with van der Waals surface area (Å²) in [6.45, 7) is 3.08. The molecule has 0 spiro atoms. The topological polar surface area (TPSA) is 66.0 Å². The van der Waals surface area contributed by atoms with Gasteiger partial charge in [0, 0.05) is 0 Å². The lowest BCUT2D eigenvalue weighted by atomic mass is 10.3. The predicted octanol–water partition coefficient (Wildman–Crippen LogP) is 1.25. The number of nitrogen functional groups attached to an aromatic ring is 1. The summed E-state index contributed by atoms with van der Waals surface area (Å²) in [4.78, 5) is 0. The fraction of sp³-hybridized carbons (Fsp3) is 0.273. The summed E-state index contributed by atoms with van der Waals surface area (Å²) >= 11 is 0. The van der Waals surface area contributed by atoms with Crippen LogP contribution in [0.3, 0.4) is 0 Å². The average molecular weight is 218 g/mol. The number of ether oxygens (including phenoxy) is 1. The molecule has 0 radical (unpaired) electrons. The first kappa shape index (κ1) is 10.5. The van der Waals surface area contributed by atoms with E-state index in [2.05, 4.69) is 10.3 Å². The monoisotopic (exact) mass is 218 g/mol. The number of anilines is 1. The Hall–Kier alpha value is -2.04. The molecule has 5 nitrogen and oxygen atoms in total. The Morgan fingerprint density at radius 1 is 1.31 bits per heavy atom. The third-order valence-corrected chi connectivity index (χ3v) is 2.33. The third-order valence-electron chi connectivity index (χ3n) is 2.33. The van der Waals surface area contributed by atoms with Crippen LogP contribution in [0.4, 0.5) is 5.82 Å². The van der Waals surface area contributed by atoms with E-state index in [1.807, 2.05) is 37.3 Å². The second kappa shape index (κ2) is 4.65. The number of para-hydroxylation sites is 1. The smallest absolute Gasteiger partial charge is 0.168 e. The van der Waals surface area contributed by atoms with Crippen molar-refractivity contribution in [2.24, 2.45) is 0 Å². The molecule has 0 amide bonds. The number of benzene rings is 1. The minimum Gasteiger partial charge on any atom is -0.492 e. The van der Waals surface area contributed by atoms with E-state index in [1.54, 1.807) is 4.68 Å². The lowest BCUT2D eigenvalue weighted by Gasteiger charge is -2.06. The van der Waals surface area contributed by atoms with Crippen molar-refractivity contribution in [3.63, 3.8) is 0 Å². The van der Waals surface area contributed by atoms with E-state index < -0.39 is 0 Å². The highest BCUT2D eigenvalue weighted by Crippen LogP contribution is 2.09. The van der Waals surface area contributed by atoms with Gasteiger partial charge in [0.25, 0.3) is 0 Å². The van der Waals surface area contributed by atoms with Crippen molar-refractivity contribution < 1.29 is 4.74 Å². The Morgan fingerprint density at radius 3 is 2.69 bits per heavy atom. The minimum atomic E-state index is 0.472. The maximum Gasteiger partial charge on any atom is 0.168 e. The van der Waals surface area contributed by atoms with Crippen molar-refractivity contribution in [3.8, 4) is 5.75 Å². The molecule has 2 N–H and O–H groups in total. The lowest BCUT2D eigenvalue weighted by Crippen LogP contribution is -2.11. The number of aromatic nitrogens is 3. The molecule has 0 saturated heterocycles. The number of nitrogens with two attached hydrogens (primary N) is 1. The highest BCUT2D eigenvalue weighted by molar-refractivity contribution is 5.31. The summed E-state index contributed by atoms with van der Waals surface area (Å²) in [5.74, 6) is 1.33. The molecule has 0 saturated carbocycles. The van der Waals surface area contributed by atoms with Gasteiger partial charge in [0.15, 0.2) is 5.82 Å². The first-order valence-corrected chi connectivity index (χ1v) is 5.11. The largest absolute Gasteiger partial charge is 0.492 e. The van der Waals surface area contributed by atoms with Crippen LogP contribution in [-0.2, 0) is 6.54 Å². The summed E-state index contributed by atoms with van der Waals surface area (Å²) in [6.07, 6.45) is 0. The quantitative estimate of drug-likeness (QED) is 0.838. The van der Waals surface area contributed by atoms with Crippen LogP contribution in [-0.4, -0.2) is 21.6 Å². The van der Waals surface area contributed by atoms with Crippen LogP contribution in [0, 0.1) is 6.92 Å². The van der Waals surface area contributed by atoms with Crippen molar-refractivity contribution in [2.45, 2.75) is 13.5 Å². The molecule has 2 rings (SSSR count). The molecule has 2 aromatic rings. The van der Waals surface area contributed by atoms with E-state index in [0.29, 0.717) is 19.0 Å². The van der Waals surface area contributed by atoms with Crippen LogP contribution in [0.25, 0.3) is 0 Å². The summed E-state index contributed by atoms with van der Waals surface area (Å²) in [7, 11) is 0.